The van der Waals surface area contributed by atoms with Gasteiger partial charge in [-0.1, -0.05) is 96.6 Å². The Kier molecular flexibility index (Phi) is 7.70. The van der Waals surface area contributed by atoms with Crippen LogP contribution in [-0.2, 0) is 0 Å². The monoisotopic (exact) mass is 408 g/mol. The van der Waals surface area contributed by atoms with Gasteiger partial charge in [-0.3, -0.25) is 0 Å². The van der Waals surface area contributed by atoms with Crippen molar-refractivity contribution in [1.29, 1.82) is 0 Å². The number of hydrogen-bond acceptors (Lipinski definition) is 1. The minimum absolute atomic E-state index is 0.912. The Hall–Kier alpha value is -3.03. The molecule has 0 aromatic heterocycles. The van der Waals surface area contributed by atoms with Crippen LogP contribution in [0.5, 0.6) is 0 Å². The molecule has 0 amide bonds. The van der Waals surface area contributed by atoms with E-state index in [4.69, 9.17) is 12.6 Å². The largest absolute Gasteiger partial charge is 0.143 e. The molecule has 0 nitrogen and oxygen atoms in total. The smallest absolute Gasteiger partial charge is 0.0116 e. The summed E-state index contributed by atoms with van der Waals surface area (Å²) in [5.74, 6) is 0. The van der Waals surface area contributed by atoms with Crippen molar-refractivity contribution in [2.45, 2.75) is 20.3 Å². The number of hydrogen-bond donors (Lipinski definition) is 1. The van der Waals surface area contributed by atoms with E-state index in [9.17, 15) is 0 Å². The van der Waals surface area contributed by atoms with Crippen molar-refractivity contribution < 1.29 is 0 Å². The summed E-state index contributed by atoms with van der Waals surface area (Å²) in [6, 6.07) is 28.0. The maximum Gasteiger partial charge on any atom is 0.0116 e. The third-order valence-corrected chi connectivity index (χ3v) is 5.30. The lowest BCUT2D eigenvalue weighted by Crippen LogP contribution is -1.88. The Morgan fingerprint density at radius 3 is 2.13 bits per heavy atom. The molecule has 3 aromatic rings. The molecule has 150 valence electrons. The first-order valence-corrected chi connectivity index (χ1v) is 10.7. The summed E-state index contributed by atoms with van der Waals surface area (Å²) in [5, 5.41) is 0. The van der Waals surface area contributed by atoms with E-state index in [1.165, 1.54) is 39.0 Å². The van der Waals surface area contributed by atoms with Gasteiger partial charge in [0.2, 0.25) is 0 Å². The van der Waals surface area contributed by atoms with E-state index in [0.717, 1.165) is 11.3 Å². The standard InChI is InChI=1S/C26H22S.C3H6/c1-19-13-15-21(16-14-19)22-9-5-11-24(17-22)25-18-23(10-6-12-26(25)27)20-7-3-2-4-8-20;1-3-2/h2-9,11-18,27H,10H2,1H3;3H,1H2,2H3. The van der Waals surface area contributed by atoms with Crippen LogP contribution < -0.4 is 0 Å². The molecule has 0 unspecified atom stereocenters. The molecule has 0 N–H and O–H groups in total. The lowest BCUT2D eigenvalue weighted by Gasteiger charge is -2.10. The van der Waals surface area contributed by atoms with E-state index < -0.39 is 0 Å². The first-order valence-electron chi connectivity index (χ1n) is 10.2. The fourth-order valence-corrected chi connectivity index (χ4v) is 3.69. The summed E-state index contributed by atoms with van der Waals surface area (Å²) in [4.78, 5) is 1.00. The predicted molar refractivity (Wildman–Crippen MR) is 137 cm³/mol. The molecule has 1 heteroatoms. The molecule has 0 spiro atoms. The lowest BCUT2D eigenvalue weighted by atomic mass is 9.95. The van der Waals surface area contributed by atoms with Crippen molar-refractivity contribution in [2.75, 3.05) is 0 Å². The van der Waals surface area contributed by atoms with Gasteiger partial charge in [-0.15, -0.1) is 19.2 Å². The molecular formula is C29H28S. The molecule has 1 aliphatic rings. The third kappa shape index (κ3) is 5.52. The Morgan fingerprint density at radius 2 is 1.43 bits per heavy atom. The van der Waals surface area contributed by atoms with Crippen molar-refractivity contribution in [2.24, 2.45) is 0 Å². The van der Waals surface area contributed by atoms with Crippen molar-refractivity contribution in [3.63, 3.8) is 0 Å². The van der Waals surface area contributed by atoms with Gasteiger partial charge in [0.25, 0.3) is 0 Å². The van der Waals surface area contributed by atoms with Crippen molar-refractivity contribution in [3.8, 4) is 11.1 Å². The van der Waals surface area contributed by atoms with E-state index in [1.807, 2.05) is 6.92 Å². The van der Waals surface area contributed by atoms with Gasteiger partial charge in [-0.25, -0.2) is 0 Å². The van der Waals surface area contributed by atoms with Crippen LogP contribution in [-0.4, -0.2) is 0 Å². The molecule has 1 aliphatic carbocycles. The number of allylic oxidation sites excluding steroid dienone is 6. The van der Waals surface area contributed by atoms with Crippen molar-refractivity contribution in [3.05, 3.63) is 131 Å². The highest BCUT2D eigenvalue weighted by molar-refractivity contribution is 7.85. The van der Waals surface area contributed by atoms with Crippen LogP contribution in [0.15, 0.2) is 115 Å². The van der Waals surface area contributed by atoms with Crippen LogP contribution in [0.25, 0.3) is 22.3 Å². The third-order valence-electron chi connectivity index (χ3n) is 4.91. The summed E-state index contributed by atoms with van der Waals surface area (Å²) < 4.78 is 0. The molecule has 0 aliphatic heterocycles. The van der Waals surface area contributed by atoms with E-state index >= 15 is 0 Å². The SMILES string of the molecule is C=CC.Cc1ccc(-c2cccc(C3=C(S)C=CCC(c4ccccc4)=C3)c2)cc1. The molecule has 30 heavy (non-hydrogen) atoms. The van der Waals surface area contributed by atoms with Crippen molar-refractivity contribution >= 4 is 23.8 Å². The minimum Gasteiger partial charge on any atom is -0.143 e. The van der Waals surface area contributed by atoms with Gasteiger partial charge >= 0.3 is 0 Å². The van der Waals surface area contributed by atoms with Crippen LogP contribution in [0.3, 0.4) is 0 Å². The second-order valence-electron chi connectivity index (χ2n) is 7.30. The number of rotatable bonds is 3. The summed E-state index contributed by atoms with van der Waals surface area (Å²) in [6.45, 7) is 7.37. The molecule has 0 radical (unpaired) electrons. The number of thiol groups is 1. The van der Waals surface area contributed by atoms with Gasteiger partial charge in [0.15, 0.2) is 0 Å². The average molecular weight is 409 g/mol. The molecule has 0 fully saturated rings. The van der Waals surface area contributed by atoms with Gasteiger partial charge < -0.3 is 0 Å². The first kappa shape index (κ1) is 21.7. The van der Waals surface area contributed by atoms with E-state index in [0.29, 0.717) is 0 Å². The maximum absolute atomic E-state index is 4.77. The van der Waals surface area contributed by atoms with Crippen molar-refractivity contribution in [1.82, 2.24) is 0 Å². The zero-order valence-corrected chi connectivity index (χ0v) is 18.6. The van der Waals surface area contributed by atoms with Crippen LogP contribution >= 0.6 is 12.6 Å². The lowest BCUT2D eigenvalue weighted by molar-refractivity contribution is 1.40. The molecular weight excluding hydrogens is 380 g/mol. The zero-order chi connectivity index (χ0) is 21.3. The molecule has 0 atom stereocenters. The topological polar surface area (TPSA) is 0 Å². The highest BCUT2D eigenvalue weighted by Gasteiger charge is 2.10. The molecule has 4 rings (SSSR count). The normalized spacial score (nSPS) is 13.1. The number of aryl methyl sites for hydroxylation is 1. The predicted octanol–water partition coefficient (Wildman–Crippen LogP) is 8.54. The summed E-state index contributed by atoms with van der Waals surface area (Å²) in [7, 11) is 0. The first-order chi connectivity index (χ1) is 14.6. The molecule has 0 heterocycles. The highest BCUT2D eigenvalue weighted by atomic mass is 32.1. The fourth-order valence-electron chi connectivity index (χ4n) is 3.39. The maximum atomic E-state index is 4.77. The molecule has 0 saturated carbocycles. The van der Waals surface area contributed by atoms with Crippen LogP contribution in [0.4, 0.5) is 0 Å². The van der Waals surface area contributed by atoms with Gasteiger partial charge in [-0.05, 0) is 65.8 Å². The highest BCUT2D eigenvalue weighted by Crippen LogP contribution is 2.33. The number of benzene rings is 3. The summed E-state index contributed by atoms with van der Waals surface area (Å²) in [6.07, 6.45) is 9.25. The Labute approximate surface area is 186 Å². The minimum atomic E-state index is 0.912. The van der Waals surface area contributed by atoms with E-state index in [1.54, 1.807) is 6.08 Å². The molecule has 0 saturated heterocycles. The summed E-state index contributed by atoms with van der Waals surface area (Å²) in [5.41, 5.74) is 8.67. The zero-order valence-electron chi connectivity index (χ0n) is 17.7. The van der Waals surface area contributed by atoms with E-state index in [-0.39, 0.29) is 0 Å². The van der Waals surface area contributed by atoms with Gasteiger partial charge in [0, 0.05) is 4.91 Å². The summed E-state index contributed by atoms with van der Waals surface area (Å²) >= 11 is 4.77. The Bertz CT molecular complexity index is 1080. The van der Waals surface area contributed by atoms with Crippen LogP contribution in [0.1, 0.15) is 30.0 Å². The Balaban J connectivity index is 0.000000806. The van der Waals surface area contributed by atoms with E-state index in [2.05, 4.69) is 111 Å². The van der Waals surface area contributed by atoms with Gasteiger partial charge in [-0.2, -0.15) is 0 Å². The fraction of sp³-hybridized carbons (Fsp3) is 0.103. The Morgan fingerprint density at radius 1 is 0.800 bits per heavy atom. The second kappa shape index (κ2) is 10.7. The van der Waals surface area contributed by atoms with Crippen LogP contribution in [0.2, 0.25) is 0 Å². The van der Waals surface area contributed by atoms with Gasteiger partial charge in [0.1, 0.15) is 0 Å². The second-order valence-corrected chi connectivity index (χ2v) is 7.78. The average Bonchev–Trinajstić information content (AvgIpc) is 2.97. The van der Waals surface area contributed by atoms with Gasteiger partial charge in [0.05, 0.1) is 0 Å². The van der Waals surface area contributed by atoms with Crippen LogP contribution in [0, 0.1) is 6.92 Å². The molecule has 0 bridgehead atoms. The molecule has 3 aromatic carbocycles. The quantitative estimate of drug-likeness (QED) is 0.326.